The number of hydrogen-bond acceptors (Lipinski definition) is 9. The third-order valence-corrected chi connectivity index (χ3v) is 12.5. The molecule has 0 spiro atoms. The number of H-pyrrole nitrogens is 1. The molecule has 0 radical (unpaired) electrons. The summed E-state index contributed by atoms with van der Waals surface area (Å²) >= 11 is 0. The maximum absolute atomic E-state index is 13.9. The van der Waals surface area contributed by atoms with E-state index < -0.39 is 18.2 Å². The summed E-state index contributed by atoms with van der Waals surface area (Å²) in [5.41, 5.74) is 8.83. The number of amides is 4. The number of likely N-dealkylation sites (tertiary alicyclic amines) is 1. The number of ether oxygens (including phenoxy) is 2. The summed E-state index contributed by atoms with van der Waals surface area (Å²) in [4.78, 5) is 66.8. The second-order valence-electron chi connectivity index (χ2n) is 16.6. The summed E-state index contributed by atoms with van der Waals surface area (Å²) < 4.78 is 9.58. The van der Waals surface area contributed by atoms with Crippen LogP contribution in [0.4, 0.5) is 9.59 Å². The fourth-order valence-corrected chi connectivity index (χ4v) is 9.62. The Morgan fingerprint density at radius 3 is 2.30 bits per heavy atom. The summed E-state index contributed by atoms with van der Waals surface area (Å²) in [6.45, 7) is 10.9. The van der Waals surface area contributed by atoms with Crippen molar-refractivity contribution in [1.29, 1.82) is 0 Å². The van der Waals surface area contributed by atoms with Crippen LogP contribution in [0, 0.1) is 30.6 Å². The Balaban J connectivity index is 1.01. The minimum Gasteiger partial charge on any atom is -0.453 e. The number of fused-ring (bicyclic) bond motifs is 2. The fraction of sp³-hybridized carbons (Fsp3) is 0.535. The molecule has 2 bridgehead atoms. The number of aliphatic imine (C=N–C) groups is 1. The number of carbonyl (C=O) groups excluding carboxylic acids is 4. The van der Waals surface area contributed by atoms with Crippen LogP contribution in [-0.4, -0.2) is 101 Å². The highest BCUT2D eigenvalue weighted by Crippen LogP contribution is 2.57. The number of alkyl carbamates (subject to hydrolysis) is 1. The molecule has 3 heterocycles. The Kier molecular flexibility index (Phi) is 11.6. The predicted molar refractivity (Wildman–Crippen MR) is 216 cm³/mol. The van der Waals surface area contributed by atoms with Gasteiger partial charge in [0, 0.05) is 41.5 Å². The molecular weight excluding hydrogens is 725 g/mol. The molecule has 4 amide bonds. The number of methoxy groups -OCH3 is 2. The number of amidine groups is 1. The third-order valence-electron chi connectivity index (χ3n) is 12.5. The van der Waals surface area contributed by atoms with E-state index >= 15 is 0 Å². The van der Waals surface area contributed by atoms with E-state index in [9.17, 15) is 19.2 Å². The molecule has 7 rings (SSSR count). The van der Waals surface area contributed by atoms with Crippen molar-refractivity contribution in [1.82, 2.24) is 35.9 Å². The fourth-order valence-electron chi connectivity index (χ4n) is 9.62. The minimum atomic E-state index is -0.655. The van der Waals surface area contributed by atoms with Gasteiger partial charge >= 0.3 is 12.2 Å². The summed E-state index contributed by atoms with van der Waals surface area (Å²) in [7, 11) is 2.60. The van der Waals surface area contributed by atoms with E-state index in [0.29, 0.717) is 19.0 Å². The molecule has 4 aliphatic rings. The first-order valence-electron chi connectivity index (χ1n) is 20.3. The Hall–Kier alpha value is -5.40. The number of carbonyl (C=O) groups is 4. The molecule has 7 atom stereocenters. The van der Waals surface area contributed by atoms with Gasteiger partial charge < -0.3 is 30.0 Å². The second kappa shape index (κ2) is 16.6. The van der Waals surface area contributed by atoms with Crippen LogP contribution < -0.4 is 16.1 Å². The van der Waals surface area contributed by atoms with Gasteiger partial charge in [0.1, 0.15) is 17.7 Å². The summed E-state index contributed by atoms with van der Waals surface area (Å²) in [5, 5.41) is 7.78. The number of nitrogens with one attached hydrogen (secondary N) is 4. The van der Waals surface area contributed by atoms with Gasteiger partial charge in [-0.1, -0.05) is 56.3 Å². The average molecular weight is 781 g/mol. The maximum Gasteiger partial charge on any atom is 0.425 e. The molecule has 2 aliphatic heterocycles. The van der Waals surface area contributed by atoms with Gasteiger partial charge in [0.15, 0.2) is 0 Å². The molecule has 1 aromatic heterocycles. The minimum absolute atomic E-state index is 0.000334. The van der Waals surface area contributed by atoms with Crippen molar-refractivity contribution < 1.29 is 28.7 Å². The van der Waals surface area contributed by atoms with E-state index in [1.165, 1.54) is 19.2 Å². The van der Waals surface area contributed by atoms with Crippen LogP contribution in [0.3, 0.4) is 0 Å². The van der Waals surface area contributed by atoms with Gasteiger partial charge in [-0.15, -0.1) is 0 Å². The SMILES string of the molecule is COC(=O)N[C@H](C(=O)N1CCC[C@H]1C1CN=C(c2ccc(-c3ccc(-c4ncc(C5C6CCC(C6)C5C(=O)N(NC(=O)OC)C(C)C)[nH]4)cc3)cc2C)N1)C(C)C. The van der Waals surface area contributed by atoms with Crippen molar-refractivity contribution in [2.75, 3.05) is 27.3 Å². The molecule has 5 unspecified atom stereocenters. The highest BCUT2D eigenvalue weighted by Gasteiger charge is 2.53. The van der Waals surface area contributed by atoms with Crippen molar-refractivity contribution in [3.63, 3.8) is 0 Å². The maximum atomic E-state index is 13.9. The Labute approximate surface area is 334 Å². The van der Waals surface area contributed by atoms with Crippen LogP contribution in [0.1, 0.15) is 82.5 Å². The van der Waals surface area contributed by atoms with Crippen molar-refractivity contribution in [2.24, 2.45) is 28.7 Å². The van der Waals surface area contributed by atoms with Gasteiger partial charge in [-0.25, -0.2) is 25.0 Å². The number of aromatic nitrogens is 2. The van der Waals surface area contributed by atoms with Crippen LogP contribution in [0.5, 0.6) is 0 Å². The predicted octanol–water partition coefficient (Wildman–Crippen LogP) is 5.78. The second-order valence-corrected chi connectivity index (χ2v) is 16.6. The van der Waals surface area contributed by atoms with Crippen LogP contribution in [0.15, 0.2) is 53.7 Å². The third kappa shape index (κ3) is 7.95. The average Bonchev–Trinajstić information content (AvgIpc) is 4.06. The highest BCUT2D eigenvalue weighted by atomic mass is 16.5. The first-order chi connectivity index (χ1) is 27.4. The van der Waals surface area contributed by atoms with Gasteiger partial charge in [-0.2, -0.15) is 0 Å². The highest BCUT2D eigenvalue weighted by molar-refractivity contribution is 6.02. The van der Waals surface area contributed by atoms with Crippen LogP contribution in [-0.2, 0) is 19.1 Å². The molecule has 4 N–H and O–H groups in total. The lowest BCUT2D eigenvalue weighted by Crippen LogP contribution is -2.56. The number of aryl methyl sites for hydroxylation is 1. The lowest BCUT2D eigenvalue weighted by molar-refractivity contribution is -0.143. The Bertz CT molecular complexity index is 2010. The molecule has 14 nitrogen and oxygen atoms in total. The zero-order chi connectivity index (χ0) is 40.5. The lowest BCUT2D eigenvalue weighted by atomic mass is 9.77. The molecule has 3 fully saturated rings. The number of aromatic amines is 1. The number of benzene rings is 2. The van der Waals surface area contributed by atoms with Gasteiger partial charge in [-0.05, 0) is 87.3 Å². The van der Waals surface area contributed by atoms with E-state index in [2.05, 4.69) is 70.4 Å². The van der Waals surface area contributed by atoms with E-state index in [1.807, 2.05) is 38.8 Å². The molecular formula is C43H56N8O6. The first kappa shape index (κ1) is 39.8. The van der Waals surface area contributed by atoms with Crippen molar-refractivity contribution in [2.45, 2.75) is 96.8 Å². The van der Waals surface area contributed by atoms with Gasteiger partial charge in [0.05, 0.1) is 38.8 Å². The van der Waals surface area contributed by atoms with Crippen LogP contribution in [0.25, 0.3) is 22.5 Å². The molecule has 304 valence electrons. The van der Waals surface area contributed by atoms with Gasteiger partial charge in [0.25, 0.3) is 0 Å². The summed E-state index contributed by atoms with van der Waals surface area (Å²) in [6, 6.07) is 13.8. The molecule has 57 heavy (non-hydrogen) atoms. The first-order valence-corrected chi connectivity index (χ1v) is 20.3. The topological polar surface area (TPSA) is 170 Å². The van der Waals surface area contributed by atoms with Crippen molar-refractivity contribution in [3.05, 3.63) is 65.5 Å². The van der Waals surface area contributed by atoms with Gasteiger partial charge in [-0.3, -0.25) is 14.6 Å². The van der Waals surface area contributed by atoms with Crippen LogP contribution >= 0.6 is 0 Å². The molecule has 2 aromatic carbocycles. The lowest BCUT2D eigenvalue weighted by Gasteiger charge is -2.35. The normalized spacial score (nSPS) is 24.3. The van der Waals surface area contributed by atoms with Crippen molar-refractivity contribution in [3.8, 4) is 22.5 Å². The smallest absolute Gasteiger partial charge is 0.425 e. The number of imidazole rings is 1. The monoisotopic (exact) mass is 780 g/mol. The molecule has 2 aliphatic carbocycles. The quantitative estimate of drug-likeness (QED) is 0.188. The summed E-state index contributed by atoms with van der Waals surface area (Å²) in [5.74, 6) is 1.74. The Morgan fingerprint density at radius 2 is 1.61 bits per heavy atom. The number of nitrogens with zero attached hydrogens (tertiary/aromatic N) is 4. The standard InChI is InChI=1S/C43H56N8O6/c1-23(2)37(48-42(54)56-6)41(53)50-18-8-9-34(50)32-21-45-39(46-32)31-17-16-28(19-25(31)5)26-10-12-27(13-11-26)38-44-22-33(47-38)35-29-14-15-30(20-29)36(35)40(52)51(24(3)4)49-43(55)57-7/h10-13,16-17,19,22-24,29-30,32,34-37H,8-9,14-15,18,20-21H2,1-7H3,(H,44,47)(H,45,46)(H,48,54)(H,49,55)/t29?,30?,32?,34-,35?,36?,37-/m0/s1. The van der Waals surface area contributed by atoms with E-state index in [1.54, 1.807) is 0 Å². The van der Waals surface area contributed by atoms with E-state index in [0.717, 1.165) is 77.3 Å². The molecule has 2 saturated carbocycles. The zero-order valence-corrected chi connectivity index (χ0v) is 34.0. The van der Waals surface area contributed by atoms with Crippen molar-refractivity contribution >= 4 is 29.8 Å². The number of hydrazine groups is 1. The van der Waals surface area contributed by atoms with Gasteiger partial charge in [0.2, 0.25) is 11.8 Å². The Morgan fingerprint density at radius 1 is 0.912 bits per heavy atom. The summed E-state index contributed by atoms with van der Waals surface area (Å²) in [6.07, 6.45) is 5.47. The molecule has 3 aromatic rings. The largest absolute Gasteiger partial charge is 0.453 e. The van der Waals surface area contributed by atoms with E-state index in [4.69, 9.17) is 19.5 Å². The zero-order valence-electron chi connectivity index (χ0n) is 34.0. The molecule has 1 saturated heterocycles. The number of hydrogen-bond donors (Lipinski definition) is 4. The number of rotatable bonds is 10. The van der Waals surface area contributed by atoms with E-state index in [-0.39, 0.29) is 53.6 Å². The molecule has 14 heteroatoms. The van der Waals surface area contributed by atoms with Crippen LogP contribution in [0.2, 0.25) is 0 Å².